The van der Waals surface area contributed by atoms with Gasteiger partial charge in [0, 0.05) is 49.1 Å². The fourth-order valence-corrected chi connectivity index (χ4v) is 3.83. The zero-order chi connectivity index (χ0) is 20.1. The second kappa shape index (κ2) is 8.84. The van der Waals surface area contributed by atoms with Gasteiger partial charge in [-0.2, -0.15) is 0 Å². The summed E-state index contributed by atoms with van der Waals surface area (Å²) in [6.07, 6.45) is 0. The van der Waals surface area contributed by atoms with E-state index in [1.807, 2.05) is 43.9 Å². The molecule has 1 aliphatic rings. The van der Waals surface area contributed by atoms with Crippen LogP contribution in [0.25, 0.3) is 10.6 Å². The molecule has 1 saturated heterocycles. The van der Waals surface area contributed by atoms with Crippen molar-refractivity contribution in [3.05, 3.63) is 41.4 Å². The Morgan fingerprint density at radius 2 is 1.79 bits per heavy atom. The number of nitrogens with one attached hydrogen (secondary N) is 1. The van der Waals surface area contributed by atoms with Crippen molar-refractivity contribution in [2.45, 2.75) is 27.3 Å². The molecule has 6 nitrogen and oxygen atoms in total. The molecule has 1 N–H and O–H groups in total. The van der Waals surface area contributed by atoms with Gasteiger partial charge in [-0.1, -0.05) is 51.1 Å². The number of thiazole rings is 1. The van der Waals surface area contributed by atoms with Gasteiger partial charge in [-0.05, 0) is 0 Å². The molecule has 0 aliphatic carbocycles. The van der Waals surface area contributed by atoms with E-state index in [4.69, 9.17) is 4.98 Å². The highest BCUT2D eigenvalue weighted by atomic mass is 32.1. The Morgan fingerprint density at radius 3 is 2.43 bits per heavy atom. The van der Waals surface area contributed by atoms with Crippen molar-refractivity contribution in [3.8, 4) is 10.6 Å². The molecule has 1 fully saturated rings. The standard InChI is InChI=1S/C21H28N4O2S/c1-21(2,3)20(27)22-13-18(26)25-11-9-24(10-12-25)14-17-15-28-19(23-17)16-7-5-4-6-8-16/h4-8,15H,9-14H2,1-3H3,(H,22,27). The van der Waals surface area contributed by atoms with Crippen LogP contribution < -0.4 is 5.32 Å². The van der Waals surface area contributed by atoms with Gasteiger partial charge < -0.3 is 10.2 Å². The lowest BCUT2D eigenvalue weighted by Crippen LogP contribution is -2.51. The van der Waals surface area contributed by atoms with Crippen molar-refractivity contribution in [2.24, 2.45) is 5.41 Å². The minimum atomic E-state index is -0.481. The molecule has 2 amide bonds. The molecule has 2 aromatic rings. The summed E-state index contributed by atoms with van der Waals surface area (Å²) in [7, 11) is 0. The van der Waals surface area contributed by atoms with Gasteiger partial charge in [0.05, 0.1) is 12.2 Å². The van der Waals surface area contributed by atoms with E-state index in [1.54, 1.807) is 11.3 Å². The van der Waals surface area contributed by atoms with E-state index in [0.29, 0.717) is 13.1 Å². The number of hydrogen-bond donors (Lipinski definition) is 1. The molecule has 28 heavy (non-hydrogen) atoms. The van der Waals surface area contributed by atoms with Gasteiger partial charge in [0.15, 0.2) is 0 Å². The number of hydrogen-bond acceptors (Lipinski definition) is 5. The summed E-state index contributed by atoms with van der Waals surface area (Å²) in [5.74, 6) is -0.116. The van der Waals surface area contributed by atoms with Gasteiger partial charge in [-0.15, -0.1) is 11.3 Å². The van der Waals surface area contributed by atoms with Crippen molar-refractivity contribution in [1.29, 1.82) is 0 Å². The normalized spacial score (nSPS) is 15.5. The van der Waals surface area contributed by atoms with Crippen LogP contribution in [0.5, 0.6) is 0 Å². The minimum absolute atomic E-state index is 0.0164. The van der Waals surface area contributed by atoms with E-state index < -0.39 is 5.41 Å². The van der Waals surface area contributed by atoms with Crippen LogP contribution in [-0.4, -0.2) is 59.3 Å². The van der Waals surface area contributed by atoms with Crippen molar-refractivity contribution in [3.63, 3.8) is 0 Å². The van der Waals surface area contributed by atoms with Crippen molar-refractivity contribution < 1.29 is 9.59 Å². The molecule has 0 spiro atoms. The van der Waals surface area contributed by atoms with Gasteiger partial charge in [0.25, 0.3) is 0 Å². The Kier molecular flexibility index (Phi) is 6.46. The first-order valence-electron chi connectivity index (χ1n) is 9.61. The monoisotopic (exact) mass is 400 g/mol. The lowest BCUT2D eigenvalue weighted by Gasteiger charge is -2.34. The number of benzene rings is 1. The first-order valence-corrected chi connectivity index (χ1v) is 10.5. The van der Waals surface area contributed by atoms with Gasteiger partial charge in [-0.3, -0.25) is 14.5 Å². The quantitative estimate of drug-likeness (QED) is 0.838. The number of piperazine rings is 1. The Hall–Kier alpha value is -2.25. The topological polar surface area (TPSA) is 65.5 Å². The van der Waals surface area contributed by atoms with E-state index in [0.717, 1.165) is 35.9 Å². The fourth-order valence-electron chi connectivity index (χ4n) is 3.01. The highest BCUT2D eigenvalue weighted by Crippen LogP contribution is 2.24. The third kappa shape index (κ3) is 5.39. The van der Waals surface area contributed by atoms with Gasteiger partial charge >= 0.3 is 0 Å². The summed E-state index contributed by atoms with van der Waals surface area (Å²) in [6.45, 7) is 9.39. The van der Waals surface area contributed by atoms with E-state index in [2.05, 4.69) is 27.7 Å². The van der Waals surface area contributed by atoms with Crippen molar-refractivity contribution >= 4 is 23.2 Å². The second-order valence-electron chi connectivity index (χ2n) is 8.10. The summed E-state index contributed by atoms with van der Waals surface area (Å²) in [4.78, 5) is 33.2. The average molecular weight is 401 g/mol. The van der Waals surface area contributed by atoms with Gasteiger partial charge in [0.2, 0.25) is 11.8 Å². The predicted molar refractivity (Wildman–Crippen MR) is 112 cm³/mol. The number of carbonyl (C=O) groups is 2. The SMILES string of the molecule is CC(C)(C)C(=O)NCC(=O)N1CCN(Cc2csc(-c3ccccc3)n2)CC1. The molecule has 0 saturated carbocycles. The van der Waals surface area contributed by atoms with Crippen molar-refractivity contribution in [2.75, 3.05) is 32.7 Å². The lowest BCUT2D eigenvalue weighted by atomic mass is 9.96. The van der Waals surface area contributed by atoms with E-state index in [-0.39, 0.29) is 18.4 Å². The number of nitrogens with zero attached hydrogens (tertiary/aromatic N) is 3. The number of carbonyl (C=O) groups excluding carboxylic acids is 2. The minimum Gasteiger partial charge on any atom is -0.347 e. The number of rotatable bonds is 5. The molecule has 0 radical (unpaired) electrons. The summed E-state index contributed by atoms with van der Waals surface area (Å²) < 4.78 is 0. The first-order chi connectivity index (χ1) is 13.3. The maximum absolute atomic E-state index is 12.3. The van der Waals surface area contributed by atoms with Gasteiger partial charge in [-0.25, -0.2) is 4.98 Å². The maximum atomic E-state index is 12.3. The van der Waals surface area contributed by atoms with Crippen molar-refractivity contribution in [1.82, 2.24) is 20.1 Å². The summed E-state index contributed by atoms with van der Waals surface area (Å²) in [5.41, 5.74) is 1.73. The molecule has 7 heteroatoms. The van der Waals surface area contributed by atoms with Crippen LogP contribution in [-0.2, 0) is 16.1 Å². The second-order valence-corrected chi connectivity index (χ2v) is 8.96. The zero-order valence-electron chi connectivity index (χ0n) is 16.8. The largest absolute Gasteiger partial charge is 0.347 e. The molecule has 0 unspecified atom stereocenters. The molecule has 1 aliphatic heterocycles. The summed E-state index contributed by atoms with van der Waals surface area (Å²) in [5, 5.41) is 5.89. The first kappa shape index (κ1) is 20.5. The highest BCUT2D eigenvalue weighted by molar-refractivity contribution is 7.13. The van der Waals surface area contributed by atoms with Crippen LogP contribution in [0.4, 0.5) is 0 Å². The summed E-state index contributed by atoms with van der Waals surface area (Å²) >= 11 is 1.67. The number of aromatic nitrogens is 1. The number of amides is 2. The fraction of sp³-hybridized carbons (Fsp3) is 0.476. The predicted octanol–water partition coefficient (Wildman–Crippen LogP) is 2.62. The molecule has 1 aromatic heterocycles. The zero-order valence-corrected chi connectivity index (χ0v) is 17.6. The van der Waals surface area contributed by atoms with E-state index >= 15 is 0 Å². The van der Waals surface area contributed by atoms with Crippen LogP contribution in [0.3, 0.4) is 0 Å². The lowest BCUT2D eigenvalue weighted by molar-refractivity contribution is -0.136. The summed E-state index contributed by atoms with van der Waals surface area (Å²) in [6, 6.07) is 10.2. The Bertz CT molecular complexity index is 805. The Morgan fingerprint density at radius 1 is 1.11 bits per heavy atom. The van der Waals surface area contributed by atoms with E-state index in [1.165, 1.54) is 0 Å². The van der Waals surface area contributed by atoms with Crippen LogP contribution in [0.2, 0.25) is 0 Å². The molecular formula is C21H28N4O2S. The maximum Gasteiger partial charge on any atom is 0.242 e. The van der Waals surface area contributed by atoms with Crippen LogP contribution in [0.1, 0.15) is 26.5 Å². The Labute approximate surface area is 170 Å². The molecule has 0 atom stereocenters. The van der Waals surface area contributed by atoms with Gasteiger partial charge in [0.1, 0.15) is 5.01 Å². The molecular weight excluding hydrogens is 372 g/mol. The van der Waals surface area contributed by atoms with Crippen LogP contribution >= 0.6 is 11.3 Å². The Balaban J connectivity index is 1.45. The molecule has 1 aromatic carbocycles. The molecule has 2 heterocycles. The van der Waals surface area contributed by atoms with Crippen LogP contribution in [0, 0.1) is 5.41 Å². The molecule has 150 valence electrons. The molecule has 3 rings (SSSR count). The van der Waals surface area contributed by atoms with Crippen LogP contribution in [0.15, 0.2) is 35.7 Å². The average Bonchev–Trinajstić information content (AvgIpc) is 3.15. The third-order valence-electron chi connectivity index (χ3n) is 4.76. The highest BCUT2D eigenvalue weighted by Gasteiger charge is 2.25. The van der Waals surface area contributed by atoms with E-state index in [9.17, 15) is 9.59 Å². The third-order valence-corrected chi connectivity index (χ3v) is 5.70. The smallest absolute Gasteiger partial charge is 0.242 e. The molecule has 0 bridgehead atoms.